The van der Waals surface area contributed by atoms with E-state index in [1.165, 1.54) is 12.5 Å². The van der Waals surface area contributed by atoms with Crippen LogP contribution in [0.15, 0.2) is 42.6 Å². The predicted molar refractivity (Wildman–Crippen MR) is 75.0 cm³/mol. The van der Waals surface area contributed by atoms with E-state index in [9.17, 15) is 4.79 Å². The van der Waals surface area contributed by atoms with Crippen LogP contribution in [0.4, 0.5) is 0 Å². The molecule has 0 fully saturated rings. The Hall–Kier alpha value is -1.61. The van der Waals surface area contributed by atoms with Gasteiger partial charge in [0.15, 0.2) is 0 Å². The number of allylic oxidation sites excluding steroid dienone is 1. The van der Waals surface area contributed by atoms with E-state index in [0.717, 1.165) is 32.4 Å². The van der Waals surface area contributed by atoms with Gasteiger partial charge in [0.05, 0.1) is 0 Å². The molecule has 2 N–H and O–H groups in total. The lowest BCUT2D eigenvalue weighted by Crippen LogP contribution is -2.14. The van der Waals surface area contributed by atoms with Crippen LogP contribution in [-0.4, -0.2) is 12.5 Å². The fourth-order valence-electron chi connectivity index (χ4n) is 1.60. The summed E-state index contributed by atoms with van der Waals surface area (Å²) in [5.41, 5.74) is 1.32. The average Bonchev–Trinajstić information content (AvgIpc) is 2.37. The molecular formula is C15H22N2O. The Morgan fingerprint density at radius 1 is 1.22 bits per heavy atom. The third-order valence-corrected chi connectivity index (χ3v) is 2.55. The number of hydrogen-bond acceptors (Lipinski definition) is 2. The Balaban J connectivity index is 1.93. The molecule has 3 heteroatoms. The van der Waals surface area contributed by atoms with Crippen molar-refractivity contribution in [2.24, 2.45) is 0 Å². The van der Waals surface area contributed by atoms with Crippen molar-refractivity contribution >= 4 is 5.91 Å². The van der Waals surface area contributed by atoms with Gasteiger partial charge in [-0.2, -0.15) is 0 Å². The van der Waals surface area contributed by atoms with E-state index < -0.39 is 0 Å². The van der Waals surface area contributed by atoms with Gasteiger partial charge < -0.3 is 10.6 Å². The highest BCUT2D eigenvalue weighted by atomic mass is 16.1. The Morgan fingerprint density at radius 3 is 2.72 bits per heavy atom. The Bertz CT molecular complexity index is 360. The minimum Gasteiger partial charge on any atom is -0.333 e. The van der Waals surface area contributed by atoms with Crippen LogP contribution in [0, 0.1) is 0 Å². The van der Waals surface area contributed by atoms with Crippen LogP contribution < -0.4 is 10.6 Å². The predicted octanol–water partition coefficient (Wildman–Crippen LogP) is 2.60. The monoisotopic (exact) mass is 246 g/mol. The second-order valence-electron chi connectivity index (χ2n) is 4.26. The first-order valence-electron chi connectivity index (χ1n) is 6.46. The van der Waals surface area contributed by atoms with E-state index in [2.05, 4.69) is 34.9 Å². The topological polar surface area (TPSA) is 41.1 Å². The standard InChI is InChI=1S/C15H22N2O/c1-14(18)17-12-8-3-2-7-11-16-13-15-9-5-4-6-10-15/h4-6,8-10,12,16H,2-3,7,11,13H2,1H3,(H,17,18)/b12-8+. The normalized spacial score (nSPS) is 10.7. The highest BCUT2D eigenvalue weighted by Gasteiger charge is 1.90. The molecule has 1 amide bonds. The van der Waals surface area contributed by atoms with Crippen molar-refractivity contribution < 1.29 is 4.79 Å². The first-order chi connectivity index (χ1) is 8.79. The zero-order valence-corrected chi connectivity index (χ0v) is 11.0. The average molecular weight is 246 g/mol. The number of carbonyl (C=O) groups is 1. The van der Waals surface area contributed by atoms with Crippen molar-refractivity contribution in [2.45, 2.75) is 32.7 Å². The third-order valence-electron chi connectivity index (χ3n) is 2.55. The lowest BCUT2D eigenvalue weighted by Gasteiger charge is -2.03. The molecule has 98 valence electrons. The van der Waals surface area contributed by atoms with Crippen LogP contribution in [0.25, 0.3) is 0 Å². The number of amides is 1. The lowest BCUT2D eigenvalue weighted by atomic mass is 10.2. The molecule has 0 bridgehead atoms. The second kappa shape index (κ2) is 9.42. The molecule has 0 aliphatic carbocycles. The number of unbranched alkanes of at least 4 members (excludes halogenated alkanes) is 2. The van der Waals surface area contributed by atoms with Gasteiger partial charge in [-0.1, -0.05) is 36.4 Å². The minimum absolute atomic E-state index is 0.0178. The van der Waals surface area contributed by atoms with Crippen LogP contribution in [0.5, 0.6) is 0 Å². The van der Waals surface area contributed by atoms with Crippen molar-refractivity contribution in [1.29, 1.82) is 0 Å². The number of carbonyl (C=O) groups excluding carboxylic acids is 1. The SMILES string of the molecule is CC(=O)N/C=C/CCCCNCc1ccccc1. The summed E-state index contributed by atoms with van der Waals surface area (Å²) in [5.74, 6) is -0.0178. The van der Waals surface area contributed by atoms with E-state index in [0.29, 0.717) is 0 Å². The van der Waals surface area contributed by atoms with Crippen LogP contribution in [0.3, 0.4) is 0 Å². The Morgan fingerprint density at radius 2 is 2.00 bits per heavy atom. The van der Waals surface area contributed by atoms with E-state index in [-0.39, 0.29) is 5.91 Å². The van der Waals surface area contributed by atoms with Crippen molar-refractivity contribution in [3.8, 4) is 0 Å². The minimum atomic E-state index is -0.0178. The molecule has 0 radical (unpaired) electrons. The summed E-state index contributed by atoms with van der Waals surface area (Å²) >= 11 is 0. The summed E-state index contributed by atoms with van der Waals surface area (Å²) in [6, 6.07) is 10.4. The van der Waals surface area contributed by atoms with Crippen LogP contribution >= 0.6 is 0 Å². The largest absolute Gasteiger partial charge is 0.333 e. The van der Waals surface area contributed by atoms with Gasteiger partial charge in [-0.3, -0.25) is 4.79 Å². The van der Waals surface area contributed by atoms with E-state index in [1.807, 2.05) is 12.1 Å². The van der Waals surface area contributed by atoms with Crippen LogP contribution in [-0.2, 0) is 11.3 Å². The van der Waals surface area contributed by atoms with Gasteiger partial charge in [-0.05, 0) is 37.6 Å². The van der Waals surface area contributed by atoms with Crippen molar-refractivity contribution in [3.63, 3.8) is 0 Å². The molecule has 0 aliphatic heterocycles. The highest BCUT2D eigenvalue weighted by Crippen LogP contribution is 1.98. The molecule has 0 saturated heterocycles. The molecule has 0 saturated carbocycles. The van der Waals surface area contributed by atoms with Gasteiger partial charge in [0, 0.05) is 13.5 Å². The van der Waals surface area contributed by atoms with Gasteiger partial charge in [-0.25, -0.2) is 0 Å². The van der Waals surface area contributed by atoms with E-state index in [1.54, 1.807) is 6.20 Å². The number of nitrogens with one attached hydrogen (secondary N) is 2. The molecule has 0 aliphatic rings. The lowest BCUT2D eigenvalue weighted by molar-refractivity contribution is -0.118. The molecule has 0 heterocycles. The molecule has 0 spiro atoms. The second-order valence-corrected chi connectivity index (χ2v) is 4.26. The van der Waals surface area contributed by atoms with Crippen molar-refractivity contribution in [3.05, 3.63) is 48.2 Å². The van der Waals surface area contributed by atoms with Gasteiger partial charge in [-0.15, -0.1) is 0 Å². The van der Waals surface area contributed by atoms with Gasteiger partial charge in [0.1, 0.15) is 0 Å². The summed E-state index contributed by atoms with van der Waals surface area (Å²) in [7, 11) is 0. The quantitative estimate of drug-likeness (QED) is 0.692. The summed E-state index contributed by atoms with van der Waals surface area (Å²) in [6.07, 6.45) is 7.01. The molecule has 0 atom stereocenters. The smallest absolute Gasteiger partial charge is 0.220 e. The first-order valence-corrected chi connectivity index (χ1v) is 6.46. The molecular weight excluding hydrogens is 224 g/mol. The molecule has 1 rings (SSSR count). The van der Waals surface area contributed by atoms with E-state index >= 15 is 0 Å². The van der Waals surface area contributed by atoms with Crippen molar-refractivity contribution in [2.75, 3.05) is 6.54 Å². The summed E-state index contributed by atoms with van der Waals surface area (Å²) < 4.78 is 0. The molecule has 18 heavy (non-hydrogen) atoms. The zero-order valence-electron chi connectivity index (χ0n) is 11.0. The molecule has 1 aromatic carbocycles. The van der Waals surface area contributed by atoms with Crippen molar-refractivity contribution in [1.82, 2.24) is 10.6 Å². The maximum Gasteiger partial charge on any atom is 0.220 e. The highest BCUT2D eigenvalue weighted by molar-refractivity contribution is 5.73. The maximum atomic E-state index is 10.6. The molecule has 3 nitrogen and oxygen atoms in total. The van der Waals surface area contributed by atoms with Crippen LogP contribution in [0.2, 0.25) is 0 Å². The fraction of sp³-hybridized carbons (Fsp3) is 0.400. The molecule has 0 aromatic heterocycles. The van der Waals surface area contributed by atoms with Gasteiger partial charge in [0.25, 0.3) is 0 Å². The zero-order chi connectivity index (χ0) is 13.1. The summed E-state index contributed by atoms with van der Waals surface area (Å²) in [4.78, 5) is 10.6. The van der Waals surface area contributed by atoms with E-state index in [4.69, 9.17) is 0 Å². The first kappa shape index (κ1) is 14.5. The Labute approximate surface area is 109 Å². The van der Waals surface area contributed by atoms with Gasteiger partial charge in [0.2, 0.25) is 5.91 Å². The Kier molecular flexibility index (Phi) is 7.57. The summed E-state index contributed by atoms with van der Waals surface area (Å²) in [5, 5.41) is 6.05. The molecule has 0 unspecified atom stereocenters. The van der Waals surface area contributed by atoms with Gasteiger partial charge >= 0.3 is 0 Å². The fourth-order valence-corrected chi connectivity index (χ4v) is 1.60. The number of hydrogen-bond donors (Lipinski definition) is 2. The maximum absolute atomic E-state index is 10.6. The third kappa shape index (κ3) is 7.63. The summed E-state index contributed by atoms with van der Waals surface area (Å²) in [6.45, 7) is 3.48. The molecule has 1 aromatic rings. The number of rotatable bonds is 8. The number of benzene rings is 1. The van der Waals surface area contributed by atoms with Crippen LogP contribution in [0.1, 0.15) is 31.7 Å².